The van der Waals surface area contributed by atoms with Crippen molar-refractivity contribution in [1.82, 2.24) is 15.0 Å². The summed E-state index contributed by atoms with van der Waals surface area (Å²) in [6, 6.07) is 0. The number of carbonyl (C=O) groups excluding carboxylic acids is 3. The number of aryl methyl sites for hydroxylation is 1. The molecule has 2 heterocycles. The average molecular weight is 426 g/mol. The van der Waals surface area contributed by atoms with Crippen molar-refractivity contribution in [1.29, 1.82) is 0 Å². The summed E-state index contributed by atoms with van der Waals surface area (Å²) < 4.78 is 10.3. The highest BCUT2D eigenvalue weighted by Crippen LogP contribution is 2.22. The topological polar surface area (TPSA) is 111 Å². The van der Waals surface area contributed by atoms with Gasteiger partial charge in [0.2, 0.25) is 5.78 Å². The molecule has 28 heavy (non-hydrogen) atoms. The van der Waals surface area contributed by atoms with Crippen LogP contribution in [0, 0.1) is 13.8 Å². The number of ketones is 1. The SMILES string of the molecule is CCOC(=O)c1c(C)[nH]c(C(=O)[C@@H](C)OC(=O)c2nc(SC)ncc2Cl)c1C. The Morgan fingerprint density at radius 3 is 2.57 bits per heavy atom. The van der Waals surface area contributed by atoms with E-state index in [-0.39, 0.29) is 23.0 Å². The van der Waals surface area contributed by atoms with Crippen molar-refractivity contribution in [3.63, 3.8) is 0 Å². The number of aromatic amines is 1. The molecule has 2 aromatic heterocycles. The quantitative estimate of drug-likeness (QED) is 0.311. The molecule has 150 valence electrons. The molecular formula is C18H20ClN3O5S. The number of esters is 2. The molecule has 10 heteroatoms. The highest BCUT2D eigenvalue weighted by atomic mass is 35.5. The molecule has 0 bridgehead atoms. The predicted molar refractivity (Wildman–Crippen MR) is 104 cm³/mol. The van der Waals surface area contributed by atoms with Crippen LogP contribution in [0.15, 0.2) is 11.4 Å². The van der Waals surface area contributed by atoms with Gasteiger partial charge in [-0.3, -0.25) is 4.79 Å². The average Bonchev–Trinajstić information content (AvgIpc) is 2.95. The van der Waals surface area contributed by atoms with Gasteiger partial charge in [0.15, 0.2) is 17.0 Å². The lowest BCUT2D eigenvalue weighted by Crippen LogP contribution is -2.26. The van der Waals surface area contributed by atoms with Crippen molar-refractivity contribution in [2.45, 2.75) is 39.0 Å². The molecule has 0 aliphatic rings. The number of halogens is 1. The van der Waals surface area contributed by atoms with E-state index in [1.165, 1.54) is 24.9 Å². The number of hydrogen-bond donors (Lipinski definition) is 1. The van der Waals surface area contributed by atoms with Gasteiger partial charge >= 0.3 is 11.9 Å². The summed E-state index contributed by atoms with van der Waals surface area (Å²) in [5.74, 6) is -1.84. The second-order valence-electron chi connectivity index (χ2n) is 5.81. The van der Waals surface area contributed by atoms with Gasteiger partial charge in [-0.05, 0) is 39.5 Å². The van der Waals surface area contributed by atoms with Crippen molar-refractivity contribution in [2.24, 2.45) is 0 Å². The molecule has 8 nitrogen and oxygen atoms in total. The fourth-order valence-electron chi connectivity index (χ4n) is 2.57. The van der Waals surface area contributed by atoms with Gasteiger partial charge < -0.3 is 14.5 Å². The minimum atomic E-state index is -1.12. The molecule has 0 saturated carbocycles. The molecule has 0 saturated heterocycles. The van der Waals surface area contributed by atoms with Crippen LogP contribution in [-0.4, -0.2) is 51.6 Å². The Bertz CT molecular complexity index is 928. The van der Waals surface area contributed by atoms with Crippen LogP contribution in [0.25, 0.3) is 0 Å². The smallest absolute Gasteiger partial charge is 0.359 e. The molecule has 0 aliphatic heterocycles. The molecule has 1 atom stereocenters. The third kappa shape index (κ3) is 4.53. The van der Waals surface area contributed by atoms with Crippen LogP contribution >= 0.6 is 23.4 Å². The van der Waals surface area contributed by atoms with Crippen LogP contribution in [0.4, 0.5) is 0 Å². The summed E-state index contributed by atoms with van der Waals surface area (Å²) in [5.41, 5.74) is 1.30. The first-order chi connectivity index (χ1) is 13.2. The number of carbonyl (C=O) groups is 3. The van der Waals surface area contributed by atoms with Gasteiger partial charge in [-0.2, -0.15) is 0 Å². The van der Waals surface area contributed by atoms with Crippen molar-refractivity contribution in [3.05, 3.63) is 39.4 Å². The molecule has 0 unspecified atom stereocenters. The number of hydrogen-bond acceptors (Lipinski definition) is 8. The maximum Gasteiger partial charge on any atom is 0.359 e. The predicted octanol–water partition coefficient (Wildman–Crippen LogP) is 3.40. The molecule has 0 radical (unpaired) electrons. The zero-order chi connectivity index (χ0) is 21.0. The number of nitrogens with one attached hydrogen (secondary N) is 1. The second kappa shape index (κ2) is 9.20. The number of ether oxygens (including phenoxy) is 2. The molecule has 2 rings (SSSR count). The van der Waals surface area contributed by atoms with Gasteiger partial charge in [-0.15, -0.1) is 0 Å². The van der Waals surface area contributed by atoms with Crippen molar-refractivity contribution >= 4 is 41.1 Å². The van der Waals surface area contributed by atoms with Crippen LogP contribution in [-0.2, 0) is 9.47 Å². The number of thioether (sulfide) groups is 1. The Hall–Kier alpha value is -2.39. The first kappa shape index (κ1) is 21.9. The van der Waals surface area contributed by atoms with Gasteiger partial charge in [-0.25, -0.2) is 19.6 Å². The van der Waals surface area contributed by atoms with Crippen LogP contribution < -0.4 is 0 Å². The van der Waals surface area contributed by atoms with E-state index in [0.717, 1.165) is 0 Å². The fraction of sp³-hybridized carbons (Fsp3) is 0.389. The summed E-state index contributed by atoms with van der Waals surface area (Å²) in [6.07, 6.45) is 1.93. The lowest BCUT2D eigenvalue weighted by molar-refractivity contribution is 0.0310. The maximum absolute atomic E-state index is 12.8. The van der Waals surface area contributed by atoms with Crippen molar-refractivity contribution < 1.29 is 23.9 Å². The highest BCUT2D eigenvalue weighted by Gasteiger charge is 2.28. The number of H-pyrrole nitrogens is 1. The Morgan fingerprint density at radius 1 is 1.29 bits per heavy atom. The maximum atomic E-state index is 12.8. The van der Waals surface area contributed by atoms with E-state index in [4.69, 9.17) is 21.1 Å². The fourth-order valence-corrected chi connectivity index (χ4v) is 3.08. The third-order valence-electron chi connectivity index (χ3n) is 3.91. The van der Waals surface area contributed by atoms with Crippen molar-refractivity contribution in [3.8, 4) is 0 Å². The highest BCUT2D eigenvalue weighted by molar-refractivity contribution is 7.98. The van der Waals surface area contributed by atoms with E-state index in [2.05, 4.69) is 15.0 Å². The van der Waals surface area contributed by atoms with Gasteiger partial charge in [0.25, 0.3) is 0 Å². The normalized spacial score (nSPS) is 11.8. The summed E-state index contributed by atoms with van der Waals surface area (Å²) in [5, 5.41) is 0.379. The van der Waals surface area contributed by atoms with E-state index in [1.807, 2.05) is 0 Å². The van der Waals surface area contributed by atoms with Crippen molar-refractivity contribution in [2.75, 3.05) is 12.9 Å². The molecule has 0 aliphatic carbocycles. The minimum Gasteiger partial charge on any atom is -0.462 e. The van der Waals surface area contributed by atoms with E-state index in [1.54, 1.807) is 27.0 Å². The van der Waals surface area contributed by atoms with E-state index < -0.39 is 23.8 Å². The molecular weight excluding hydrogens is 406 g/mol. The van der Waals surface area contributed by atoms with E-state index in [0.29, 0.717) is 22.0 Å². The lowest BCUT2D eigenvalue weighted by Gasteiger charge is -2.12. The number of aromatic nitrogens is 3. The van der Waals surface area contributed by atoms with E-state index >= 15 is 0 Å². The summed E-state index contributed by atoms with van der Waals surface area (Å²) in [6.45, 7) is 6.65. The first-order valence-electron chi connectivity index (χ1n) is 8.39. The van der Waals surface area contributed by atoms with Gasteiger partial charge in [0.05, 0.1) is 29.1 Å². The molecule has 0 spiro atoms. The zero-order valence-corrected chi connectivity index (χ0v) is 17.7. The first-order valence-corrected chi connectivity index (χ1v) is 9.99. The third-order valence-corrected chi connectivity index (χ3v) is 4.75. The monoisotopic (exact) mass is 425 g/mol. The minimum absolute atomic E-state index is 0.0268. The largest absolute Gasteiger partial charge is 0.462 e. The van der Waals surface area contributed by atoms with Gasteiger partial charge in [0.1, 0.15) is 0 Å². The Balaban J connectivity index is 2.23. The lowest BCUT2D eigenvalue weighted by atomic mass is 10.1. The van der Waals surface area contributed by atoms with E-state index in [9.17, 15) is 14.4 Å². The summed E-state index contributed by atoms with van der Waals surface area (Å²) in [4.78, 5) is 48.1. The van der Waals surface area contributed by atoms with Gasteiger partial charge in [0, 0.05) is 5.69 Å². The second-order valence-corrected chi connectivity index (χ2v) is 6.99. The van der Waals surface area contributed by atoms with Crippen LogP contribution in [0.2, 0.25) is 5.02 Å². The number of Topliss-reactive ketones (excluding diaryl/α,β-unsaturated/α-hetero) is 1. The van der Waals surface area contributed by atoms with Crippen LogP contribution in [0.1, 0.15) is 56.4 Å². The van der Waals surface area contributed by atoms with Crippen LogP contribution in [0.3, 0.4) is 0 Å². The standard InChI is InChI=1S/C18H20ClN3O5S/c1-6-26-16(24)12-8(2)13(21-9(12)3)15(23)10(4)27-17(25)14-11(19)7-20-18(22-14)28-5/h7,10,21H,6H2,1-5H3/t10-/m1/s1. The van der Waals surface area contributed by atoms with Crippen LogP contribution in [0.5, 0.6) is 0 Å². The summed E-state index contributed by atoms with van der Waals surface area (Å²) >= 11 is 7.20. The Kier molecular flexibility index (Phi) is 7.20. The number of nitrogens with zero attached hydrogens (tertiary/aromatic N) is 2. The Morgan fingerprint density at radius 2 is 1.96 bits per heavy atom. The molecule has 0 amide bonds. The molecule has 1 N–H and O–H groups in total. The zero-order valence-electron chi connectivity index (χ0n) is 16.1. The molecule has 2 aromatic rings. The number of rotatable bonds is 7. The molecule has 0 fully saturated rings. The molecule has 0 aromatic carbocycles. The van der Waals surface area contributed by atoms with Gasteiger partial charge in [-0.1, -0.05) is 23.4 Å². The summed E-state index contributed by atoms with van der Waals surface area (Å²) in [7, 11) is 0. The Labute approximate surface area is 171 Å².